The van der Waals surface area contributed by atoms with Crippen molar-refractivity contribution in [2.24, 2.45) is 10.2 Å². The van der Waals surface area contributed by atoms with Crippen molar-refractivity contribution in [2.75, 3.05) is 0 Å². The molecule has 20 heavy (non-hydrogen) atoms. The lowest BCUT2D eigenvalue weighted by molar-refractivity contribution is -0.384. The monoisotopic (exact) mass is 277 g/mol. The number of carbonyl (C=O) groups excluding carboxylic acids is 1. The van der Waals surface area contributed by atoms with E-state index in [4.69, 9.17) is 4.74 Å². The zero-order chi connectivity index (χ0) is 14.9. The molecule has 1 atom stereocenters. The number of nitrogens with zero attached hydrogens (tertiary/aromatic N) is 3. The molecule has 1 aromatic carbocycles. The Bertz CT molecular complexity index is 652. The van der Waals surface area contributed by atoms with Gasteiger partial charge in [-0.1, -0.05) is 0 Å². The van der Waals surface area contributed by atoms with Crippen molar-refractivity contribution in [3.05, 3.63) is 40.1 Å². The van der Waals surface area contributed by atoms with Gasteiger partial charge in [-0.2, -0.15) is 0 Å². The largest absolute Gasteiger partial charge is 0.508 e. The highest BCUT2D eigenvalue weighted by molar-refractivity contribution is 5.98. The minimum Gasteiger partial charge on any atom is -0.508 e. The maximum atomic E-state index is 11.7. The highest BCUT2D eigenvalue weighted by Crippen LogP contribution is 2.33. The molecular weight excluding hydrogens is 266 g/mol. The van der Waals surface area contributed by atoms with Crippen LogP contribution in [0, 0.1) is 10.1 Å². The second kappa shape index (κ2) is 4.72. The zero-order valence-electron chi connectivity index (χ0n) is 10.7. The van der Waals surface area contributed by atoms with E-state index in [1.165, 1.54) is 25.1 Å². The molecule has 0 fully saturated rings. The highest BCUT2D eigenvalue weighted by Gasteiger charge is 2.39. The summed E-state index contributed by atoms with van der Waals surface area (Å²) in [6, 6.07) is 3.43. The molecular formula is C12H11N3O5. The second-order valence-corrected chi connectivity index (χ2v) is 4.33. The fourth-order valence-corrected chi connectivity index (χ4v) is 1.67. The van der Waals surface area contributed by atoms with Crippen LogP contribution in [0.15, 0.2) is 40.3 Å². The van der Waals surface area contributed by atoms with E-state index in [0.717, 1.165) is 6.07 Å². The van der Waals surface area contributed by atoms with Gasteiger partial charge in [0.1, 0.15) is 11.5 Å². The molecule has 0 amide bonds. The number of phenols is 1. The van der Waals surface area contributed by atoms with Gasteiger partial charge in [0, 0.05) is 13.0 Å². The summed E-state index contributed by atoms with van der Waals surface area (Å²) >= 11 is 0. The molecule has 0 bridgehead atoms. The van der Waals surface area contributed by atoms with E-state index in [2.05, 4.69) is 10.2 Å². The summed E-state index contributed by atoms with van der Waals surface area (Å²) in [4.78, 5) is 21.8. The van der Waals surface area contributed by atoms with Crippen LogP contribution in [0.25, 0.3) is 0 Å². The van der Waals surface area contributed by atoms with Crippen molar-refractivity contribution in [2.45, 2.75) is 19.6 Å². The summed E-state index contributed by atoms with van der Waals surface area (Å²) in [6.45, 7) is 3.01. The van der Waals surface area contributed by atoms with Crippen molar-refractivity contribution >= 4 is 17.2 Å². The Morgan fingerprint density at radius 3 is 2.70 bits per heavy atom. The summed E-state index contributed by atoms with van der Waals surface area (Å²) in [7, 11) is 0. The lowest BCUT2D eigenvalue weighted by Gasteiger charge is -2.16. The molecule has 1 unspecified atom stereocenters. The van der Waals surface area contributed by atoms with Crippen LogP contribution in [0.2, 0.25) is 0 Å². The third-order valence-corrected chi connectivity index (χ3v) is 2.66. The Hall–Kier alpha value is -2.77. The molecule has 0 aromatic heterocycles. The average Bonchev–Trinajstić information content (AvgIpc) is 2.61. The minimum atomic E-state index is -1.50. The maximum absolute atomic E-state index is 11.7. The molecule has 0 spiro atoms. The van der Waals surface area contributed by atoms with E-state index in [1.54, 1.807) is 6.92 Å². The Balaban J connectivity index is 2.33. The highest BCUT2D eigenvalue weighted by atomic mass is 16.6. The number of rotatable bonds is 3. The predicted molar refractivity (Wildman–Crippen MR) is 67.5 cm³/mol. The molecule has 8 nitrogen and oxygen atoms in total. The normalized spacial score (nSPS) is 21.9. The molecule has 0 radical (unpaired) electrons. The predicted octanol–water partition coefficient (Wildman–Crippen LogP) is 2.60. The van der Waals surface area contributed by atoms with Crippen LogP contribution in [-0.4, -0.2) is 21.5 Å². The number of nitro groups is 1. The van der Waals surface area contributed by atoms with E-state index in [-0.39, 0.29) is 17.2 Å². The smallest absolute Gasteiger partial charge is 0.300 e. The number of hydrogen-bond donors (Lipinski definition) is 1. The number of hydrogen-bond acceptors (Lipinski definition) is 7. The third-order valence-electron chi connectivity index (χ3n) is 2.66. The minimum absolute atomic E-state index is 0.0741. The van der Waals surface area contributed by atoms with Crippen molar-refractivity contribution in [1.82, 2.24) is 0 Å². The van der Waals surface area contributed by atoms with Crippen molar-refractivity contribution < 1.29 is 19.6 Å². The number of azo groups is 1. The van der Waals surface area contributed by atoms with Gasteiger partial charge in [0.2, 0.25) is 5.78 Å². The van der Waals surface area contributed by atoms with E-state index in [9.17, 15) is 20.0 Å². The maximum Gasteiger partial charge on any atom is 0.300 e. The van der Waals surface area contributed by atoms with Gasteiger partial charge < -0.3 is 9.84 Å². The van der Waals surface area contributed by atoms with Gasteiger partial charge in [-0.15, -0.1) is 10.2 Å². The fraction of sp³-hybridized carbons (Fsp3) is 0.250. The van der Waals surface area contributed by atoms with Crippen LogP contribution in [0.1, 0.15) is 13.8 Å². The molecule has 8 heteroatoms. The van der Waals surface area contributed by atoms with Gasteiger partial charge in [0.05, 0.1) is 11.0 Å². The number of aromatic hydroxyl groups is 1. The van der Waals surface area contributed by atoms with Crippen LogP contribution in [0.3, 0.4) is 0 Å². The van der Waals surface area contributed by atoms with E-state index >= 15 is 0 Å². The van der Waals surface area contributed by atoms with Gasteiger partial charge in [-0.25, -0.2) is 0 Å². The van der Waals surface area contributed by atoms with Gasteiger partial charge >= 0.3 is 0 Å². The van der Waals surface area contributed by atoms with Crippen molar-refractivity contribution in [1.29, 1.82) is 0 Å². The molecule has 2 rings (SSSR count). The quantitative estimate of drug-likeness (QED) is 0.518. The molecule has 1 heterocycles. The van der Waals surface area contributed by atoms with E-state index in [0.29, 0.717) is 5.76 Å². The number of benzene rings is 1. The Kier molecular flexibility index (Phi) is 3.23. The fourth-order valence-electron chi connectivity index (χ4n) is 1.67. The van der Waals surface area contributed by atoms with Crippen LogP contribution in [0.4, 0.5) is 11.4 Å². The van der Waals surface area contributed by atoms with Crippen LogP contribution < -0.4 is 0 Å². The molecule has 104 valence electrons. The van der Waals surface area contributed by atoms with Gasteiger partial charge in [-0.05, 0) is 19.1 Å². The number of nitro benzene ring substituents is 1. The van der Waals surface area contributed by atoms with E-state index < -0.39 is 16.3 Å². The van der Waals surface area contributed by atoms with Gasteiger partial charge in [-0.3, -0.25) is 14.9 Å². The van der Waals surface area contributed by atoms with Crippen molar-refractivity contribution in [3.8, 4) is 5.75 Å². The van der Waals surface area contributed by atoms with Crippen LogP contribution in [-0.2, 0) is 9.53 Å². The molecule has 0 saturated heterocycles. The van der Waals surface area contributed by atoms with Crippen LogP contribution in [0.5, 0.6) is 5.75 Å². The lowest BCUT2D eigenvalue weighted by atomic mass is 10.2. The first-order valence-electron chi connectivity index (χ1n) is 5.64. The molecule has 1 aliphatic heterocycles. The topological polar surface area (TPSA) is 114 Å². The van der Waals surface area contributed by atoms with Gasteiger partial charge in [0.15, 0.2) is 5.69 Å². The molecule has 1 N–H and O–H groups in total. The molecule has 1 aromatic rings. The Morgan fingerprint density at radius 2 is 2.15 bits per heavy atom. The standard InChI is InChI=1S/C12H11N3O5/c1-7-5-11(17)12(2,20-7)14-13-9-4-3-8(16)6-10(9)15(18)19/h3-6,16H,1-2H3. The van der Waals surface area contributed by atoms with E-state index in [1.807, 2.05) is 0 Å². The number of carbonyl (C=O) groups is 1. The summed E-state index contributed by atoms with van der Waals surface area (Å²) in [5.74, 6) is -0.246. The first-order chi connectivity index (χ1) is 9.32. The number of ketones is 1. The summed E-state index contributed by atoms with van der Waals surface area (Å²) < 4.78 is 5.24. The number of phenolic OH excluding ortho intramolecular Hbond substituents is 1. The first-order valence-corrected chi connectivity index (χ1v) is 5.64. The van der Waals surface area contributed by atoms with Gasteiger partial charge in [0.25, 0.3) is 11.4 Å². The SMILES string of the molecule is CC1=CC(=O)C(C)(N=Nc2ccc(O)cc2[N+](=O)[O-])O1. The number of allylic oxidation sites excluding steroid dienone is 1. The molecule has 0 saturated carbocycles. The summed E-state index contributed by atoms with van der Waals surface area (Å²) in [5.41, 5.74) is -1.99. The third kappa shape index (κ3) is 2.48. The zero-order valence-corrected chi connectivity index (χ0v) is 10.7. The summed E-state index contributed by atoms with van der Waals surface area (Å²) in [5, 5.41) is 27.5. The summed E-state index contributed by atoms with van der Waals surface area (Å²) in [6.07, 6.45) is 1.28. The molecule has 1 aliphatic rings. The van der Waals surface area contributed by atoms with Crippen molar-refractivity contribution in [3.63, 3.8) is 0 Å². The van der Waals surface area contributed by atoms with Crippen LogP contribution >= 0.6 is 0 Å². The lowest BCUT2D eigenvalue weighted by Crippen LogP contribution is -2.29. The number of ether oxygens (including phenoxy) is 1. The molecule has 0 aliphatic carbocycles. The average molecular weight is 277 g/mol. The Morgan fingerprint density at radius 1 is 1.45 bits per heavy atom. The second-order valence-electron chi connectivity index (χ2n) is 4.33. The Labute approximate surface area is 113 Å². The first kappa shape index (κ1) is 13.7.